The maximum Gasteiger partial charge on any atom is 0.258 e. The SMILES string of the molecule is NC(=NO)c1ccc(Cl)cc1NC(=O)c1ccccc1F. The van der Waals surface area contributed by atoms with Gasteiger partial charge in [0.1, 0.15) is 5.82 Å². The maximum atomic E-state index is 13.6. The Hall–Kier alpha value is -2.60. The molecule has 0 fully saturated rings. The van der Waals surface area contributed by atoms with E-state index in [4.69, 9.17) is 22.5 Å². The zero-order chi connectivity index (χ0) is 15.4. The number of amidine groups is 1. The number of carbonyl (C=O) groups excluding carboxylic acids is 1. The van der Waals surface area contributed by atoms with Gasteiger partial charge in [-0.2, -0.15) is 0 Å². The molecule has 4 N–H and O–H groups in total. The number of hydrogen-bond acceptors (Lipinski definition) is 3. The van der Waals surface area contributed by atoms with Gasteiger partial charge in [0, 0.05) is 10.6 Å². The summed E-state index contributed by atoms with van der Waals surface area (Å²) < 4.78 is 13.6. The van der Waals surface area contributed by atoms with Gasteiger partial charge < -0.3 is 16.3 Å². The minimum Gasteiger partial charge on any atom is -0.409 e. The summed E-state index contributed by atoms with van der Waals surface area (Å²) in [7, 11) is 0. The largest absolute Gasteiger partial charge is 0.409 e. The second kappa shape index (κ2) is 6.23. The Balaban J connectivity index is 2.37. The standard InChI is InChI=1S/C14H11ClFN3O2/c15-8-5-6-10(13(17)19-21)12(7-8)18-14(20)9-3-1-2-4-11(9)16/h1-7,21H,(H2,17,19)(H,18,20). The van der Waals surface area contributed by atoms with Gasteiger partial charge in [-0.15, -0.1) is 0 Å². The highest BCUT2D eigenvalue weighted by Crippen LogP contribution is 2.22. The van der Waals surface area contributed by atoms with Crippen LogP contribution in [0.15, 0.2) is 47.6 Å². The van der Waals surface area contributed by atoms with Crippen molar-refractivity contribution in [3.63, 3.8) is 0 Å². The molecule has 0 heterocycles. The van der Waals surface area contributed by atoms with Crippen molar-refractivity contribution in [3.8, 4) is 0 Å². The number of rotatable bonds is 3. The van der Waals surface area contributed by atoms with Crippen molar-refractivity contribution in [3.05, 3.63) is 64.4 Å². The van der Waals surface area contributed by atoms with E-state index in [1.807, 2.05) is 0 Å². The Labute approximate surface area is 124 Å². The highest BCUT2D eigenvalue weighted by atomic mass is 35.5. The Morgan fingerprint density at radius 1 is 1.24 bits per heavy atom. The van der Waals surface area contributed by atoms with Crippen LogP contribution in [0.1, 0.15) is 15.9 Å². The first-order chi connectivity index (χ1) is 10.0. The number of amides is 1. The molecule has 0 spiro atoms. The number of benzene rings is 2. The zero-order valence-electron chi connectivity index (χ0n) is 10.7. The summed E-state index contributed by atoms with van der Waals surface area (Å²) in [5.41, 5.74) is 5.88. The van der Waals surface area contributed by atoms with Gasteiger partial charge in [0.05, 0.1) is 11.3 Å². The molecular weight excluding hydrogens is 297 g/mol. The second-order valence-electron chi connectivity index (χ2n) is 4.11. The first kappa shape index (κ1) is 14.8. The number of anilines is 1. The first-order valence-electron chi connectivity index (χ1n) is 5.86. The number of nitrogens with zero attached hydrogens (tertiary/aromatic N) is 1. The van der Waals surface area contributed by atoms with Gasteiger partial charge in [0.25, 0.3) is 5.91 Å². The molecule has 1 amide bonds. The Bertz CT molecular complexity index is 719. The van der Waals surface area contributed by atoms with E-state index in [0.29, 0.717) is 5.02 Å². The smallest absolute Gasteiger partial charge is 0.258 e. The zero-order valence-corrected chi connectivity index (χ0v) is 11.4. The minimum atomic E-state index is -0.664. The van der Waals surface area contributed by atoms with Gasteiger partial charge >= 0.3 is 0 Å². The van der Waals surface area contributed by atoms with Crippen molar-refractivity contribution in [1.29, 1.82) is 0 Å². The van der Waals surface area contributed by atoms with Gasteiger partial charge in [-0.25, -0.2) is 4.39 Å². The number of nitrogens with one attached hydrogen (secondary N) is 1. The lowest BCUT2D eigenvalue weighted by molar-refractivity contribution is 0.102. The third-order valence-electron chi connectivity index (χ3n) is 2.73. The van der Waals surface area contributed by atoms with Gasteiger partial charge in [-0.3, -0.25) is 4.79 Å². The van der Waals surface area contributed by atoms with E-state index < -0.39 is 11.7 Å². The van der Waals surface area contributed by atoms with E-state index in [2.05, 4.69) is 10.5 Å². The number of carbonyl (C=O) groups is 1. The molecule has 2 aromatic rings. The maximum absolute atomic E-state index is 13.6. The molecule has 21 heavy (non-hydrogen) atoms. The predicted molar refractivity (Wildman–Crippen MR) is 78.3 cm³/mol. The number of halogens is 2. The molecule has 7 heteroatoms. The summed E-state index contributed by atoms with van der Waals surface area (Å²) in [5, 5.41) is 14.4. The molecule has 0 aliphatic carbocycles. The lowest BCUT2D eigenvalue weighted by atomic mass is 10.1. The van der Waals surface area contributed by atoms with Crippen LogP contribution in [0.5, 0.6) is 0 Å². The normalized spacial score (nSPS) is 11.2. The van der Waals surface area contributed by atoms with Crippen LogP contribution in [-0.2, 0) is 0 Å². The van der Waals surface area contributed by atoms with Crippen molar-refractivity contribution >= 4 is 29.0 Å². The predicted octanol–water partition coefficient (Wildman–Crippen LogP) is 2.83. The highest BCUT2D eigenvalue weighted by molar-refractivity contribution is 6.31. The van der Waals surface area contributed by atoms with Gasteiger partial charge in [-0.1, -0.05) is 28.9 Å². The Morgan fingerprint density at radius 2 is 1.95 bits per heavy atom. The summed E-state index contributed by atoms with van der Waals surface area (Å²) in [6.07, 6.45) is 0. The van der Waals surface area contributed by atoms with Crippen molar-refractivity contribution in [2.75, 3.05) is 5.32 Å². The van der Waals surface area contributed by atoms with Crippen molar-refractivity contribution < 1.29 is 14.4 Å². The van der Waals surface area contributed by atoms with Crippen molar-refractivity contribution in [2.24, 2.45) is 10.9 Å². The van der Waals surface area contributed by atoms with E-state index in [1.54, 1.807) is 6.07 Å². The van der Waals surface area contributed by atoms with E-state index in [9.17, 15) is 9.18 Å². The molecule has 0 radical (unpaired) electrons. The summed E-state index contributed by atoms with van der Waals surface area (Å²) in [6.45, 7) is 0. The monoisotopic (exact) mass is 307 g/mol. The molecular formula is C14H11ClFN3O2. The van der Waals surface area contributed by atoms with E-state index in [-0.39, 0.29) is 22.6 Å². The highest BCUT2D eigenvalue weighted by Gasteiger charge is 2.15. The number of nitrogens with two attached hydrogens (primary N) is 1. The van der Waals surface area contributed by atoms with Crippen LogP contribution in [0.25, 0.3) is 0 Å². The minimum absolute atomic E-state index is 0.122. The lowest BCUT2D eigenvalue weighted by Gasteiger charge is -2.11. The molecule has 108 valence electrons. The van der Waals surface area contributed by atoms with Crippen LogP contribution < -0.4 is 11.1 Å². The van der Waals surface area contributed by atoms with E-state index in [1.165, 1.54) is 36.4 Å². The average Bonchev–Trinajstić information content (AvgIpc) is 2.47. The Kier molecular flexibility index (Phi) is 4.39. The van der Waals surface area contributed by atoms with Crippen LogP contribution >= 0.6 is 11.6 Å². The van der Waals surface area contributed by atoms with E-state index in [0.717, 1.165) is 0 Å². The topological polar surface area (TPSA) is 87.7 Å². The molecule has 0 saturated carbocycles. The summed E-state index contributed by atoms with van der Waals surface area (Å²) >= 11 is 5.86. The van der Waals surface area contributed by atoms with Gasteiger partial charge in [0.15, 0.2) is 5.84 Å². The average molecular weight is 308 g/mol. The molecule has 0 aromatic heterocycles. The molecule has 0 unspecified atom stereocenters. The number of oxime groups is 1. The molecule has 0 aliphatic rings. The molecule has 0 saturated heterocycles. The van der Waals surface area contributed by atoms with Crippen molar-refractivity contribution in [1.82, 2.24) is 0 Å². The summed E-state index contributed by atoms with van der Waals surface area (Å²) in [4.78, 5) is 12.1. The van der Waals surface area contributed by atoms with E-state index >= 15 is 0 Å². The first-order valence-corrected chi connectivity index (χ1v) is 6.24. The molecule has 5 nitrogen and oxygen atoms in total. The summed E-state index contributed by atoms with van der Waals surface area (Å²) in [5.74, 6) is -1.51. The van der Waals surface area contributed by atoms with Crippen LogP contribution in [-0.4, -0.2) is 17.0 Å². The third kappa shape index (κ3) is 3.29. The molecule has 2 aromatic carbocycles. The van der Waals surface area contributed by atoms with Gasteiger partial charge in [0.2, 0.25) is 0 Å². The van der Waals surface area contributed by atoms with Crippen LogP contribution in [0, 0.1) is 5.82 Å². The fourth-order valence-electron chi connectivity index (χ4n) is 1.73. The fraction of sp³-hybridized carbons (Fsp3) is 0. The molecule has 0 bridgehead atoms. The second-order valence-corrected chi connectivity index (χ2v) is 4.55. The van der Waals surface area contributed by atoms with Crippen LogP contribution in [0.2, 0.25) is 5.02 Å². The molecule has 0 aliphatic heterocycles. The Morgan fingerprint density at radius 3 is 2.62 bits per heavy atom. The molecule has 0 atom stereocenters. The van der Waals surface area contributed by atoms with Crippen LogP contribution in [0.3, 0.4) is 0 Å². The van der Waals surface area contributed by atoms with Crippen molar-refractivity contribution in [2.45, 2.75) is 0 Å². The third-order valence-corrected chi connectivity index (χ3v) is 2.97. The fourth-order valence-corrected chi connectivity index (χ4v) is 1.90. The lowest BCUT2D eigenvalue weighted by Crippen LogP contribution is -2.19. The molecule has 2 rings (SSSR count). The number of hydrogen-bond donors (Lipinski definition) is 3. The van der Waals surface area contributed by atoms with Crippen LogP contribution in [0.4, 0.5) is 10.1 Å². The quantitative estimate of drug-likeness (QED) is 0.352. The summed E-state index contributed by atoms with van der Waals surface area (Å²) in [6, 6.07) is 9.97. The van der Waals surface area contributed by atoms with Gasteiger partial charge in [-0.05, 0) is 30.3 Å².